The van der Waals surface area contributed by atoms with E-state index in [1.165, 1.54) is 31.5 Å². The minimum Gasteiger partial charge on any atom is -0.378 e. The third-order valence-electron chi connectivity index (χ3n) is 3.03. The Morgan fingerprint density at radius 1 is 1.50 bits per heavy atom. The van der Waals surface area contributed by atoms with Gasteiger partial charge >= 0.3 is 0 Å². The van der Waals surface area contributed by atoms with Gasteiger partial charge in [0.15, 0.2) is 0 Å². The lowest BCUT2D eigenvalue weighted by atomic mass is 9.91. The van der Waals surface area contributed by atoms with E-state index in [-0.39, 0.29) is 0 Å². The van der Waals surface area contributed by atoms with Crippen molar-refractivity contribution in [2.45, 2.75) is 33.1 Å². The number of allylic oxidation sites excluding steroid dienone is 1. The fraction of sp³-hybridized carbons (Fsp3) is 0.818. The zero-order valence-electron chi connectivity index (χ0n) is 8.64. The lowest BCUT2D eigenvalue weighted by Crippen LogP contribution is -2.25. The molecule has 0 N–H and O–H groups in total. The average Bonchev–Trinajstić information content (AvgIpc) is 2.15. The highest BCUT2D eigenvalue weighted by atomic mass is 15.1. The van der Waals surface area contributed by atoms with Crippen LogP contribution in [0.25, 0.3) is 0 Å². The van der Waals surface area contributed by atoms with Crippen molar-refractivity contribution in [2.24, 2.45) is 11.8 Å². The van der Waals surface area contributed by atoms with Crippen molar-refractivity contribution in [2.75, 3.05) is 13.6 Å². The Morgan fingerprint density at radius 2 is 2.17 bits per heavy atom. The van der Waals surface area contributed by atoms with E-state index in [0.29, 0.717) is 0 Å². The second-order valence-corrected chi connectivity index (χ2v) is 4.34. The van der Waals surface area contributed by atoms with Crippen LogP contribution in [0.15, 0.2) is 12.3 Å². The predicted molar refractivity (Wildman–Crippen MR) is 53.9 cm³/mol. The summed E-state index contributed by atoms with van der Waals surface area (Å²) in [6.07, 6.45) is 3.90. The molecule has 1 atom stereocenters. The van der Waals surface area contributed by atoms with Crippen LogP contribution in [0, 0.1) is 11.8 Å². The fourth-order valence-electron chi connectivity index (χ4n) is 1.88. The predicted octanol–water partition coefficient (Wildman–Crippen LogP) is 2.89. The van der Waals surface area contributed by atoms with Gasteiger partial charge in [-0.3, -0.25) is 0 Å². The molecular formula is C11H21N. The summed E-state index contributed by atoms with van der Waals surface area (Å²) in [5.74, 6) is 1.69. The summed E-state index contributed by atoms with van der Waals surface area (Å²) in [5.41, 5.74) is 1.32. The number of nitrogens with zero attached hydrogens (tertiary/aromatic N) is 1. The van der Waals surface area contributed by atoms with Gasteiger partial charge in [-0.1, -0.05) is 20.4 Å². The molecule has 0 amide bonds. The largest absolute Gasteiger partial charge is 0.378 e. The molecule has 1 heterocycles. The van der Waals surface area contributed by atoms with E-state index >= 15 is 0 Å². The quantitative estimate of drug-likeness (QED) is 0.580. The van der Waals surface area contributed by atoms with Crippen LogP contribution < -0.4 is 0 Å². The molecule has 70 valence electrons. The van der Waals surface area contributed by atoms with Gasteiger partial charge in [-0.25, -0.2) is 0 Å². The number of hydrogen-bond acceptors (Lipinski definition) is 1. The maximum Gasteiger partial charge on any atom is 0.0202 e. The minimum absolute atomic E-state index is 0.818. The van der Waals surface area contributed by atoms with Crippen LogP contribution in [0.2, 0.25) is 0 Å². The highest BCUT2D eigenvalue weighted by molar-refractivity contribution is 4.95. The molecule has 0 bridgehead atoms. The summed E-state index contributed by atoms with van der Waals surface area (Å²) >= 11 is 0. The Hall–Kier alpha value is -0.460. The monoisotopic (exact) mass is 167 g/mol. The van der Waals surface area contributed by atoms with E-state index in [1.54, 1.807) is 0 Å². The third-order valence-corrected chi connectivity index (χ3v) is 3.03. The molecule has 0 aromatic heterocycles. The van der Waals surface area contributed by atoms with Gasteiger partial charge in [0.25, 0.3) is 0 Å². The lowest BCUT2D eigenvalue weighted by molar-refractivity contribution is 0.281. The molecule has 1 aliphatic rings. The van der Waals surface area contributed by atoms with E-state index in [4.69, 9.17) is 0 Å². The van der Waals surface area contributed by atoms with Crippen molar-refractivity contribution in [1.82, 2.24) is 4.90 Å². The molecule has 1 nitrogen and oxygen atoms in total. The zero-order chi connectivity index (χ0) is 9.14. The Bertz CT molecular complexity index is 160. The highest BCUT2D eigenvalue weighted by Crippen LogP contribution is 2.25. The van der Waals surface area contributed by atoms with Crippen LogP contribution in [-0.2, 0) is 0 Å². The highest BCUT2D eigenvalue weighted by Gasteiger charge is 2.19. The average molecular weight is 167 g/mol. The number of likely N-dealkylation sites (tertiary alicyclic amines) is 1. The van der Waals surface area contributed by atoms with Gasteiger partial charge in [0.1, 0.15) is 0 Å². The summed E-state index contributed by atoms with van der Waals surface area (Å²) in [6, 6.07) is 0. The smallest absolute Gasteiger partial charge is 0.0202 e. The van der Waals surface area contributed by atoms with Crippen LogP contribution >= 0.6 is 0 Å². The second-order valence-electron chi connectivity index (χ2n) is 4.34. The van der Waals surface area contributed by atoms with Crippen molar-refractivity contribution in [1.29, 1.82) is 0 Å². The molecule has 0 aromatic rings. The first-order valence-electron chi connectivity index (χ1n) is 5.00. The molecule has 0 saturated carbocycles. The maximum absolute atomic E-state index is 4.07. The van der Waals surface area contributed by atoms with Crippen LogP contribution in [-0.4, -0.2) is 18.5 Å². The Labute approximate surface area is 76.5 Å². The van der Waals surface area contributed by atoms with Crippen molar-refractivity contribution >= 4 is 0 Å². The van der Waals surface area contributed by atoms with Gasteiger partial charge in [0.05, 0.1) is 0 Å². The summed E-state index contributed by atoms with van der Waals surface area (Å²) in [7, 11) is 2.17. The van der Waals surface area contributed by atoms with Gasteiger partial charge in [-0.05, 0) is 31.1 Å². The van der Waals surface area contributed by atoms with E-state index < -0.39 is 0 Å². The molecule has 12 heavy (non-hydrogen) atoms. The number of rotatable bonds is 1. The van der Waals surface area contributed by atoms with Gasteiger partial charge in [-0.2, -0.15) is 0 Å². The topological polar surface area (TPSA) is 3.24 Å². The molecule has 0 aromatic carbocycles. The SMILES string of the molecule is C=C1CCCC(C(C)C)CN1C. The summed E-state index contributed by atoms with van der Waals surface area (Å²) in [5, 5.41) is 0. The van der Waals surface area contributed by atoms with Crippen molar-refractivity contribution in [3.63, 3.8) is 0 Å². The Balaban J connectivity index is 2.54. The summed E-state index contributed by atoms with van der Waals surface area (Å²) in [4.78, 5) is 2.33. The van der Waals surface area contributed by atoms with Crippen molar-refractivity contribution in [3.8, 4) is 0 Å². The molecule has 1 saturated heterocycles. The molecule has 0 aliphatic carbocycles. The van der Waals surface area contributed by atoms with Gasteiger partial charge in [0.2, 0.25) is 0 Å². The van der Waals surface area contributed by atoms with Crippen LogP contribution in [0.4, 0.5) is 0 Å². The normalized spacial score (nSPS) is 26.2. The summed E-state index contributed by atoms with van der Waals surface area (Å²) < 4.78 is 0. The molecule has 0 radical (unpaired) electrons. The first-order chi connectivity index (χ1) is 5.61. The van der Waals surface area contributed by atoms with Gasteiger partial charge < -0.3 is 4.90 Å². The third kappa shape index (κ3) is 2.26. The molecule has 1 heteroatoms. The first-order valence-corrected chi connectivity index (χ1v) is 5.00. The second kappa shape index (κ2) is 3.97. The lowest BCUT2D eigenvalue weighted by Gasteiger charge is -2.25. The van der Waals surface area contributed by atoms with E-state index in [1.807, 2.05) is 0 Å². The fourth-order valence-corrected chi connectivity index (χ4v) is 1.88. The molecule has 1 unspecified atom stereocenters. The first kappa shape index (κ1) is 9.63. The van der Waals surface area contributed by atoms with Crippen molar-refractivity contribution in [3.05, 3.63) is 12.3 Å². The van der Waals surface area contributed by atoms with Gasteiger partial charge in [-0.15, -0.1) is 0 Å². The Kier molecular flexibility index (Phi) is 3.19. The molecule has 1 fully saturated rings. The minimum atomic E-state index is 0.818. The van der Waals surface area contributed by atoms with E-state index in [2.05, 4.69) is 32.4 Å². The van der Waals surface area contributed by atoms with Gasteiger partial charge in [0, 0.05) is 19.3 Å². The summed E-state index contributed by atoms with van der Waals surface area (Å²) in [6.45, 7) is 9.93. The number of hydrogen-bond donors (Lipinski definition) is 0. The van der Waals surface area contributed by atoms with E-state index in [0.717, 1.165) is 11.8 Å². The van der Waals surface area contributed by atoms with Crippen LogP contribution in [0.1, 0.15) is 33.1 Å². The Morgan fingerprint density at radius 3 is 2.75 bits per heavy atom. The molecule has 0 spiro atoms. The zero-order valence-corrected chi connectivity index (χ0v) is 8.64. The van der Waals surface area contributed by atoms with E-state index in [9.17, 15) is 0 Å². The van der Waals surface area contributed by atoms with Crippen molar-refractivity contribution < 1.29 is 0 Å². The maximum atomic E-state index is 4.07. The van der Waals surface area contributed by atoms with Crippen LogP contribution in [0.5, 0.6) is 0 Å². The molecular weight excluding hydrogens is 146 g/mol. The molecule has 1 rings (SSSR count). The van der Waals surface area contributed by atoms with Crippen LogP contribution in [0.3, 0.4) is 0 Å². The standard InChI is InChI=1S/C11H21N/c1-9(2)11-7-5-6-10(3)12(4)8-11/h9,11H,3,5-8H2,1-2,4H3. The molecule has 1 aliphatic heterocycles.